The van der Waals surface area contributed by atoms with Gasteiger partial charge in [-0.25, -0.2) is 13.8 Å². The summed E-state index contributed by atoms with van der Waals surface area (Å²) in [6.07, 6.45) is 0.811. The van der Waals surface area contributed by atoms with Crippen LogP contribution < -0.4 is 0 Å². The van der Waals surface area contributed by atoms with Crippen molar-refractivity contribution in [2.45, 2.75) is 0 Å². The smallest absolute Gasteiger partial charge is 0.253 e. The van der Waals surface area contributed by atoms with E-state index in [2.05, 4.69) is 4.98 Å². The van der Waals surface area contributed by atoms with Crippen LogP contribution in [-0.4, -0.2) is 11.0 Å². The first kappa shape index (κ1) is 7.71. The van der Waals surface area contributed by atoms with Gasteiger partial charge in [0.25, 0.3) is 0 Å². The molecule has 58 valence electrons. The molecule has 1 aromatic rings. The predicted molar refractivity (Wildman–Crippen MR) is 29.6 cm³/mol. The van der Waals surface area contributed by atoms with Gasteiger partial charge in [0.2, 0.25) is 0 Å². The number of nitrogens with zero attached hydrogens (tertiary/aromatic N) is 1. The zero-order chi connectivity index (χ0) is 8.43. The minimum Gasteiger partial charge on any atom is -0.253 e. The Kier molecular flexibility index (Phi) is 1.89. The van der Waals surface area contributed by atoms with Gasteiger partial charge >= 0.3 is 6.04 Å². The van der Waals surface area contributed by atoms with E-state index < -0.39 is 23.4 Å². The fourth-order valence-electron chi connectivity index (χ4n) is 0.557. The highest BCUT2D eigenvalue weighted by Crippen LogP contribution is 2.08. The van der Waals surface area contributed by atoms with E-state index in [9.17, 15) is 18.0 Å². The summed E-state index contributed by atoms with van der Waals surface area (Å²) < 4.78 is 36.3. The number of aromatic nitrogens is 1. The van der Waals surface area contributed by atoms with Crippen LogP contribution in [0.25, 0.3) is 0 Å². The highest BCUT2D eigenvalue weighted by molar-refractivity contribution is 5.86. The molecule has 0 saturated heterocycles. The van der Waals surface area contributed by atoms with Crippen molar-refractivity contribution in [2.24, 2.45) is 0 Å². The zero-order valence-corrected chi connectivity index (χ0v) is 5.14. The van der Waals surface area contributed by atoms with Gasteiger partial charge in [0, 0.05) is 6.20 Å². The van der Waals surface area contributed by atoms with E-state index in [-0.39, 0.29) is 0 Å². The summed E-state index contributed by atoms with van der Waals surface area (Å²) in [7, 11) is 0. The number of pyridine rings is 1. The first-order valence-electron chi connectivity index (χ1n) is 2.62. The summed E-state index contributed by atoms with van der Waals surface area (Å²) in [5, 5.41) is 0. The Bertz CT molecular complexity index is 300. The molecule has 0 radical (unpaired) electrons. The molecule has 0 aliphatic carbocycles. The first-order valence-corrected chi connectivity index (χ1v) is 2.62. The second-order valence-corrected chi connectivity index (χ2v) is 1.73. The molecule has 0 unspecified atom stereocenters. The molecular weight excluding hydrogens is 159 g/mol. The van der Waals surface area contributed by atoms with Gasteiger partial charge in [-0.2, -0.15) is 4.39 Å². The minimum absolute atomic E-state index is 0.696. The molecule has 0 atom stereocenters. The van der Waals surface area contributed by atoms with Crippen LogP contribution in [0, 0.1) is 11.6 Å². The third-order valence-electron chi connectivity index (χ3n) is 1.03. The lowest BCUT2D eigenvalue weighted by Gasteiger charge is -1.93. The van der Waals surface area contributed by atoms with E-state index in [1.165, 1.54) is 0 Å². The molecule has 0 spiro atoms. The third-order valence-corrected chi connectivity index (χ3v) is 1.03. The Morgan fingerprint density at radius 1 is 1.45 bits per heavy atom. The van der Waals surface area contributed by atoms with Crippen LogP contribution in [0.1, 0.15) is 10.5 Å². The molecule has 0 aliphatic heterocycles. The number of rotatable bonds is 1. The van der Waals surface area contributed by atoms with E-state index in [0.717, 1.165) is 6.20 Å². The largest absolute Gasteiger partial charge is 0.353 e. The Balaban J connectivity index is 3.27. The Morgan fingerprint density at radius 3 is 2.55 bits per heavy atom. The molecule has 2 nitrogen and oxygen atoms in total. The zero-order valence-electron chi connectivity index (χ0n) is 5.14. The lowest BCUT2D eigenvalue weighted by molar-refractivity contribution is 0.0824. The molecule has 0 aromatic carbocycles. The monoisotopic (exact) mass is 161 g/mol. The van der Waals surface area contributed by atoms with Gasteiger partial charge in [-0.1, -0.05) is 0 Å². The van der Waals surface area contributed by atoms with Crippen LogP contribution in [0.3, 0.4) is 0 Å². The molecule has 1 heterocycles. The molecule has 1 aromatic heterocycles. The minimum atomic E-state index is -2.08. The summed E-state index contributed by atoms with van der Waals surface area (Å²) in [6.45, 7) is 0. The van der Waals surface area contributed by atoms with Crippen molar-refractivity contribution in [2.75, 3.05) is 0 Å². The van der Waals surface area contributed by atoms with Gasteiger partial charge in [0.05, 0.1) is 0 Å². The van der Waals surface area contributed by atoms with Crippen LogP contribution >= 0.6 is 0 Å². The molecule has 0 aliphatic rings. The quantitative estimate of drug-likeness (QED) is 0.583. The summed E-state index contributed by atoms with van der Waals surface area (Å²) in [5.41, 5.74) is -1.12. The SMILES string of the molecule is O=C(F)c1nccc(F)c1F. The van der Waals surface area contributed by atoms with Crippen LogP contribution in [0.15, 0.2) is 12.3 Å². The average molecular weight is 161 g/mol. The Hall–Kier alpha value is -1.39. The van der Waals surface area contributed by atoms with Crippen LogP contribution in [0.5, 0.6) is 0 Å². The summed E-state index contributed by atoms with van der Waals surface area (Å²) in [4.78, 5) is 12.9. The van der Waals surface area contributed by atoms with Crippen molar-refractivity contribution in [1.82, 2.24) is 4.98 Å². The van der Waals surface area contributed by atoms with Gasteiger partial charge in [0.1, 0.15) is 0 Å². The maximum Gasteiger partial charge on any atom is 0.353 e. The second-order valence-electron chi connectivity index (χ2n) is 1.73. The average Bonchev–Trinajstić information content (AvgIpc) is 1.94. The molecular formula is C6H2F3NO. The van der Waals surface area contributed by atoms with Crippen molar-refractivity contribution < 1.29 is 18.0 Å². The second kappa shape index (κ2) is 2.69. The van der Waals surface area contributed by atoms with Gasteiger partial charge < -0.3 is 0 Å². The number of carbonyl (C=O) groups excluding carboxylic acids is 1. The van der Waals surface area contributed by atoms with E-state index in [0.29, 0.717) is 6.07 Å². The number of halogens is 3. The van der Waals surface area contributed by atoms with Crippen molar-refractivity contribution in [3.8, 4) is 0 Å². The maximum atomic E-state index is 12.4. The molecule has 0 amide bonds. The number of hydrogen-bond acceptors (Lipinski definition) is 2. The topological polar surface area (TPSA) is 30.0 Å². The fourth-order valence-corrected chi connectivity index (χ4v) is 0.557. The summed E-state index contributed by atoms with van der Waals surface area (Å²) >= 11 is 0. The molecule has 5 heteroatoms. The lowest BCUT2D eigenvalue weighted by Crippen LogP contribution is -2.01. The highest BCUT2D eigenvalue weighted by atomic mass is 19.2. The number of carbonyl (C=O) groups is 1. The van der Waals surface area contributed by atoms with Gasteiger partial charge in [-0.3, -0.25) is 4.79 Å². The van der Waals surface area contributed by atoms with Crippen molar-refractivity contribution >= 4 is 6.04 Å². The third kappa shape index (κ3) is 1.36. The van der Waals surface area contributed by atoms with Gasteiger partial charge in [-0.15, -0.1) is 0 Å². The van der Waals surface area contributed by atoms with Crippen LogP contribution in [0.2, 0.25) is 0 Å². The summed E-state index contributed by atoms with van der Waals surface area (Å²) in [6, 6.07) is -1.39. The normalized spacial score (nSPS) is 9.73. The van der Waals surface area contributed by atoms with Crippen molar-refractivity contribution in [1.29, 1.82) is 0 Å². The Labute approximate surface area is 59.7 Å². The van der Waals surface area contributed by atoms with E-state index in [1.807, 2.05) is 0 Å². The van der Waals surface area contributed by atoms with Crippen LogP contribution in [-0.2, 0) is 0 Å². The van der Waals surface area contributed by atoms with Gasteiger partial charge in [0.15, 0.2) is 17.3 Å². The van der Waals surface area contributed by atoms with Crippen LogP contribution in [0.4, 0.5) is 13.2 Å². The van der Waals surface area contributed by atoms with Crippen molar-refractivity contribution in [3.63, 3.8) is 0 Å². The van der Waals surface area contributed by atoms with E-state index in [4.69, 9.17) is 0 Å². The Morgan fingerprint density at radius 2 is 2.09 bits per heavy atom. The molecule has 1 rings (SSSR count). The molecule has 0 bridgehead atoms. The van der Waals surface area contributed by atoms with E-state index in [1.54, 1.807) is 0 Å². The predicted octanol–water partition coefficient (Wildman–Crippen LogP) is 1.47. The first-order chi connectivity index (χ1) is 5.13. The van der Waals surface area contributed by atoms with E-state index >= 15 is 0 Å². The standard InChI is InChI=1S/C6H2F3NO/c7-3-1-2-10-5(4(3)8)6(9)11/h1-2H. The molecule has 0 saturated carbocycles. The summed E-state index contributed by atoms with van der Waals surface area (Å²) in [5.74, 6) is -2.85. The van der Waals surface area contributed by atoms with Gasteiger partial charge in [-0.05, 0) is 6.07 Å². The molecule has 0 fully saturated rings. The molecule has 11 heavy (non-hydrogen) atoms. The fraction of sp³-hybridized carbons (Fsp3) is 0. The maximum absolute atomic E-state index is 12.4. The van der Waals surface area contributed by atoms with Crippen molar-refractivity contribution in [3.05, 3.63) is 29.6 Å². The lowest BCUT2D eigenvalue weighted by atomic mass is 10.3. The highest BCUT2D eigenvalue weighted by Gasteiger charge is 2.15. The molecule has 0 N–H and O–H groups in total. The number of hydrogen-bond donors (Lipinski definition) is 0.